The highest BCUT2D eigenvalue weighted by atomic mass is 32.2. The second-order valence-electron chi connectivity index (χ2n) is 6.18. The summed E-state index contributed by atoms with van der Waals surface area (Å²) in [6, 6.07) is 8.54. The molecule has 3 N–H and O–H groups in total. The number of halogens is 1. The number of nitrogens with one attached hydrogen (secondary N) is 3. The molecule has 0 aliphatic heterocycles. The van der Waals surface area contributed by atoms with Crippen molar-refractivity contribution in [1.82, 2.24) is 15.6 Å². The summed E-state index contributed by atoms with van der Waals surface area (Å²) in [5.74, 6) is -1.77. The number of carbonyl (C=O) groups excluding carboxylic acids is 2. The first-order valence-electron chi connectivity index (χ1n) is 8.37. The normalized spacial score (nSPS) is 13.6. The van der Waals surface area contributed by atoms with Gasteiger partial charge in [0.2, 0.25) is 10.0 Å². The van der Waals surface area contributed by atoms with Crippen molar-refractivity contribution in [3.8, 4) is 5.75 Å². The molecular formula is C18H18FN3O5S. The Labute approximate surface area is 161 Å². The van der Waals surface area contributed by atoms with Crippen molar-refractivity contribution in [3.05, 3.63) is 59.4 Å². The van der Waals surface area contributed by atoms with Crippen LogP contribution in [0.2, 0.25) is 0 Å². The fraction of sp³-hybridized carbons (Fsp3) is 0.222. The zero-order chi connectivity index (χ0) is 20.3. The van der Waals surface area contributed by atoms with Crippen molar-refractivity contribution in [3.63, 3.8) is 0 Å². The van der Waals surface area contributed by atoms with E-state index in [1.165, 1.54) is 37.4 Å². The van der Waals surface area contributed by atoms with E-state index >= 15 is 0 Å². The Morgan fingerprint density at radius 3 is 2.14 bits per heavy atom. The smallest absolute Gasteiger partial charge is 0.269 e. The van der Waals surface area contributed by atoms with Crippen LogP contribution in [0.25, 0.3) is 0 Å². The summed E-state index contributed by atoms with van der Waals surface area (Å²) in [5, 5.41) is 0. The van der Waals surface area contributed by atoms with E-state index in [0.717, 1.165) is 25.0 Å². The molecule has 2 amide bonds. The summed E-state index contributed by atoms with van der Waals surface area (Å²) in [7, 11) is -2.52. The third-order valence-electron chi connectivity index (χ3n) is 4.01. The first-order chi connectivity index (χ1) is 13.3. The molecule has 0 bridgehead atoms. The van der Waals surface area contributed by atoms with Gasteiger partial charge in [0.05, 0.1) is 7.11 Å². The summed E-state index contributed by atoms with van der Waals surface area (Å²) in [6.45, 7) is 0. The predicted molar refractivity (Wildman–Crippen MR) is 97.7 cm³/mol. The number of sulfonamides is 1. The van der Waals surface area contributed by atoms with Crippen LogP contribution in [0.3, 0.4) is 0 Å². The van der Waals surface area contributed by atoms with Gasteiger partial charge < -0.3 is 4.74 Å². The highest BCUT2D eigenvalue weighted by Gasteiger charge is 2.30. The van der Waals surface area contributed by atoms with Crippen molar-refractivity contribution >= 4 is 21.8 Å². The number of ether oxygens (including phenoxy) is 1. The summed E-state index contributed by atoms with van der Waals surface area (Å²) >= 11 is 0. The molecule has 1 saturated carbocycles. The number of rotatable bonds is 6. The summed E-state index contributed by atoms with van der Waals surface area (Å²) in [6.07, 6.45) is 1.52. The molecule has 0 radical (unpaired) electrons. The van der Waals surface area contributed by atoms with Gasteiger partial charge in [-0.2, -0.15) is 0 Å². The first kappa shape index (κ1) is 19.8. The monoisotopic (exact) mass is 407 g/mol. The van der Waals surface area contributed by atoms with Gasteiger partial charge in [0.1, 0.15) is 16.5 Å². The Bertz CT molecular complexity index is 1000. The minimum atomic E-state index is -3.85. The first-order valence-corrected chi connectivity index (χ1v) is 9.85. The van der Waals surface area contributed by atoms with Crippen LogP contribution in [0.5, 0.6) is 5.75 Å². The molecule has 3 rings (SSSR count). The largest absolute Gasteiger partial charge is 0.495 e. The van der Waals surface area contributed by atoms with E-state index in [9.17, 15) is 22.4 Å². The lowest BCUT2D eigenvalue weighted by Gasteiger charge is -2.12. The lowest BCUT2D eigenvalue weighted by Crippen LogP contribution is -2.41. The number of methoxy groups -OCH3 is 1. The standard InChI is InChI=1S/C18H18FN3O5S/c1-27-15-9-4-12(10-16(15)28(25,26)22-14-7-8-14)18(24)21-20-17(23)11-2-5-13(19)6-3-11/h2-6,9-10,14,22H,7-8H2,1H3,(H,20,23)(H,21,24). The molecule has 0 aromatic heterocycles. The van der Waals surface area contributed by atoms with E-state index in [2.05, 4.69) is 15.6 Å². The SMILES string of the molecule is COc1ccc(C(=O)NNC(=O)c2ccc(F)cc2)cc1S(=O)(=O)NC1CC1. The van der Waals surface area contributed by atoms with E-state index in [4.69, 9.17) is 4.74 Å². The van der Waals surface area contributed by atoms with Crippen LogP contribution in [0.15, 0.2) is 47.4 Å². The summed E-state index contributed by atoms with van der Waals surface area (Å²) in [5.41, 5.74) is 4.54. The molecule has 148 valence electrons. The molecule has 0 unspecified atom stereocenters. The highest BCUT2D eigenvalue weighted by Crippen LogP contribution is 2.28. The van der Waals surface area contributed by atoms with Crippen molar-refractivity contribution in [2.45, 2.75) is 23.8 Å². The number of hydrazine groups is 1. The Morgan fingerprint density at radius 2 is 1.57 bits per heavy atom. The van der Waals surface area contributed by atoms with Crippen LogP contribution in [-0.2, 0) is 10.0 Å². The Hall–Kier alpha value is -2.98. The van der Waals surface area contributed by atoms with Gasteiger partial charge >= 0.3 is 0 Å². The van der Waals surface area contributed by atoms with Crippen molar-refractivity contribution in [2.75, 3.05) is 7.11 Å². The number of hydrogen-bond acceptors (Lipinski definition) is 5. The van der Waals surface area contributed by atoms with Crippen LogP contribution in [-0.4, -0.2) is 33.4 Å². The molecule has 0 atom stereocenters. The fourth-order valence-electron chi connectivity index (χ4n) is 2.37. The third-order valence-corrected chi connectivity index (χ3v) is 5.55. The van der Waals surface area contributed by atoms with E-state index in [-0.39, 0.29) is 27.8 Å². The fourth-order valence-corrected chi connectivity index (χ4v) is 3.87. The van der Waals surface area contributed by atoms with Crippen LogP contribution in [0, 0.1) is 5.82 Å². The van der Waals surface area contributed by atoms with Crippen molar-refractivity contribution < 1.29 is 27.1 Å². The average molecular weight is 407 g/mol. The maximum Gasteiger partial charge on any atom is 0.269 e. The van der Waals surface area contributed by atoms with E-state index in [0.29, 0.717) is 0 Å². The molecule has 8 nitrogen and oxygen atoms in total. The van der Waals surface area contributed by atoms with Gasteiger partial charge in [0, 0.05) is 17.2 Å². The molecule has 2 aromatic carbocycles. The minimum absolute atomic E-state index is 0.0105. The van der Waals surface area contributed by atoms with E-state index in [1.54, 1.807) is 0 Å². The molecule has 0 spiro atoms. The maximum atomic E-state index is 12.9. The number of amides is 2. The molecule has 2 aromatic rings. The zero-order valence-electron chi connectivity index (χ0n) is 14.9. The summed E-state index contributed by atoms with van der Waals surface area (Å²) in [4.78, 5) is 24.1. The topological polar surface area (TPSA) is 114 Å². The van der Waals surface area contributed by atoms with Gasteiger partial charge in [0.25, 0.3) is 11.8 Å². The molecule has 0 heterocycles. The van der Waals surface area contributed by atoms with Gasteiger partial charge in [-0.25, -0.2) is 17.5 Å². The van der Waals surface area contributed by atoms with E-state index in [1.807, 2.05) is 0 Å². The lowest BCUT2D eigenvalue weighted by atomic mass is 10.2. The zero-order valence-corrected chi connectivity index (χ0v) is 15.7. The Kier molecular flexibility index (Phi) is 5.61. The molecule has 10 heteroatoms. The maximum absolute atomic E-state index is 12.9. The van der Waals surface area contributed by atoms with Crippen LogP contribution >= 0.6 is 0 Å². The second-order valence-corrected chi connectivity index (χ2v) is 7.86. The van der Waals surface area contributed by atoms with Gasteiger partial charge in [-0.15, -0.1) is 0 Å². The molecule has 1 aliphatic carbocycles. The molecule has 28 heavy (non-hydrogen) atoms. The quantitative estimate of drug-likeness (QED) is 0.626. The third kappa shape index (κ3) is 4.65. The average Bonchev–Trinajstić information content (AvgIpc) is 3.49. The van der Waals surface area contributed by atoms with Gasteiger partial charge in [0.15, 0.2) is 0 Å². The van der Waals surface area contributed by atoms with Crippen LogP contribution in [0.4, 0.5) is 4.39 Å². The Morgan fingerprint density at radius 1 is 1.00 bits per heavy atom. The molecular weight excluding hydrogens is 389 g/mol. The molecule has 0 saturated heterocycles. The molecule has 1 aliphatic rings. The highest BCUT2D eigenvalue weighted by molar-refractivity contribution is 7.89. The second kappa shape index (κ2) is 7.95. The number of hydrogen-bond donors (Lipinski definition) is 3. The number of benzene rings is 2. The number of carbonyl (C=O) groups is 2. The van der Waals surface area contributed by atoms with Crippen molar-refractivity contribution in [1.29, 1.82) is 0 Å². The molecule has 1 fully saturated rings. The van der Waals surface area contributed by atoms with E-state index < -0.39 is 27.7 Å². The Balaban J connectivity index is 1.73. The van der Waals surface area contributed by atoms with Gasteiger partial charge in [-0.1, -0.05) is 0 Å². The van der Waals surface area contributed by atoms with Crippen LogP contribution in [0.1, 0.15) is 33.6 Å². The van der Waals surface area contributed by atoms with Gasteiger partial charge in [-0.3, -0.25) is 20.4 Å². The minimum Gasteiger partial charge on any atom is -0.495 e. The van der Waals surface area contributed by atoms with Gasteiger partial charge in [-0.05, 0) is 55.3 Å². The lowest BCUT2D eigenvalue weighted by molar-refractivity contribution is 0.0846. The van der Waals surface area contributed by atoms with Crippen molar-refractivity contribution in [2.24, 2.45) is 0 Å². The summed E-state index contributed by atoms with van der Waals surface area (Å²) < 4.78 is 45.5. The predicted octanol–water partition coefficient (Wildman–Crippen LogP) is 1.35. The van der Waals surface area contributed by atoms with Crippen LogP contribution < -0.4 is 20.3 Å².